The molecule has 1 rings (SSSR count). The zero-order chi connectivity index (χ0) is 12.0. The third-order valence-corrected chi connectivity index (χ3v) is 3.02. The van der Waals surface area contributed by atoms with Gasteiger partial charge in [-0.25, -0.2) is 0 Å². The molecule has 2 heteroatoms. The van der Waals surface area contributed by atoms with Crippen LogP contribution in [-0.4, -0.2) is 19.0 Å². The van der Waals surface area contributed by atoms with Crippen molar-refractivity contribution in [2.75, 3.05) is 6.61 Å². The van der Waals surface area contributed by atoms with E-state index in [2.05, 4.69) is 33.8 Å². The molecule has 0 aromatic heterocycles. The number of hydrogen-bond acceptors (Lipinski definition) is 2. The van der Waals surface area contributed by atoms with Gasteiger partial charge in [0.25, 0.3) is 0 Å². The van der Waals surface area contributed by atoms with Crippen LogP contribution < -0.4 is 0 Å². The van der Waals surface area contributed by atoms with Gasteiger partial charge >= 0.3 is 0 Å². The molecular weight excluding hydrogens is 200 g/mol. The predicted molar refractivity (Wildman–Crippen MR) is 67.4 cm³/mol. The molecule has 16 heavy (non-hydrogen) atoms. The Bertz CT molecular complexity index is 219. The molecule has 0 spiro atoms. The molecule has 0 aliphatic carbocycles. The van der Waals surface area contributed by atoms with E-state index < -0.39 is 0 Å². The number of hydrogen-bond donors (Lipinski definition) is 0. The first-order valence-corrected chi connectivity index (χ1v) is 6.48. The van der Waals surface area contributed by atoms with Gasteiger partial charge in [-0.3, -0.25) is 0 Å². The van der Waals surface area contributed by atoms with Crippen molar-refractivity contribution in [2.24, 2.45) is 5.92 Å². The normalized spacial score (nSPS) is 27.5. The minimum atomic E-state index is 0.0328. The first-order valence-electron chi connectivity index (χ1n) is 6.48. The second kappa shape index (κ2) is 7.08. The van der Waals surface area contributed by atoms with Crippen molar-refractivity contribution >= 4 is 0 Å². The van der Waals surface area contributed by atoms with Crippen molar-refractivity contribution in [3.05, 3.63) is 11.6 Å². The highest BCUT2D eigenvalue weighted by Gasteiger charge is 2.21. The van der Waals surface area contributed by atoms with Gasteiger partial charge in [0, 0.05) is 6.42 Å². The van der Waals surface area contributed by atoms with Gasteiger partial charge in [-0.2, -0.15) is 0 Å². The molecule has 1 heterocycles. The lowest BCUT2D eigenvalue weighted by atomic mass is 10.0. The summed E-state index contributed by atoms with van der Waals surface area (Å²) >= 11 is 0. The molecule has 0 radical (unpaired) electrons. The Labute approximate surface area is 100 Å². The maximum Gasteiger partial charge on any atom is 0.158 e. The average Bonchev–Trinajstić information content (AvgIpc) is 2.16. The van der Waals surface area contributed by atoms with Gasteiger partial charge in [0.1, 0.15) is 0 Å². The van der Waals surface area contributed by atoms with Crippen molar-refractivity contribution in [1.82, 2.24) is 0 Å². The molecule has 1 saturated heterocycles. The largest absolute Gasteiger partial charge is 0.353 e. The second-order valence-corrected chi connectivity index (χ2v) is 5.24. The average molecular weight is 226 g/mol. The Balaban J connectivity index is 2.17. The van der Waals surface area contributed by atoms with E-state index in [0.717, 1.165) is 19.4 Å². The summed E-state index contributed by atoms with van der Waals surface area (Å²) in [6.07, 6.45) is 7.16. The van der Waals surface area contributed by atoms with Crippen LogP contribution in [0, 0.1) is 5.92 Å². The van der Waals surface area contributed by atoms with Gasteiger partial charge < -0.3 is 9.47 Å². The topological polar surface area (TPSA) is 18.5 Å². The minimum Gasteiger partial charge on any atom is -0.353 e. The molecule has 3 unspecified atom stereocenters. The third kappa shape index (κ3) is 5.66. The van der Waals surface area contributed by atoms with Gasteiger partial charge in [-0.15, -0.1) is 0 Å². The fraction of sp³-hybridized carbons (Fsp3) is 0.857. The number of allylic oxidation sites excluding steroid dienone is 2. The standard InChI is InChI=1S/C14H26O2/c1-11(2)6-5-7-12(3)10-14-15-9-8-13(4)16-14/h6,12-14H,5,7-10H2,1-4H3. The van der Waals surface area contributed by atoms with Crippen LogP contribution in [0.1, 0.15) is 53.4 Å². The van der Waals surface area contributed by atoms with Crippen LogP contribution in [0.2, 0.25) is 0 Å². The maximum atomic E-state index is 5.75. The van der Waals surface area contributed by atoms with E-state index in [1.165, 1.54) is 18.4 Å². The van der Waals surface area contributed by atoms with E-state index in [0.29, 0.717) is 12.0 Å². The summed E-state index contributed by atoms with van der Waals surface area (Å²) in [6.45, 7) is 9.57. The zero-order valence-electron chi connectivity index (χ0n) is 11.2. The van der Waals surface area contributed by atoms with E-state index in [9.17, 15) is 0 Å². The molecule has 0 N–H and O–H groups in total. The quantitative estimate of drug-likeness (QED) is 0.662. The molecule has 1 aliphatic rings. The summed E-state index contributed by atoms with van der Waals surface area (Å²) < 4.78 is 11.4. The molecule has 2 nitrogen and oxygen atoms in total. The predicted octanol–water partition coefficient (Wildman–Crippen LogP) is 3.91. The Kier molecular flexibility index (Phi) is 6.07. The molecule has 0 saturated carbocycles. The summed E-state index contributed by atoms with van der Waals surface area (Å²) in [5.41, 5.74) is 1.41. The molecule has 0 aromatic carbocycles. The van der Waals surface area contributed by atoms with E-state index in [4.69, 9.17) is 9.47 Å². The monoisotopic (exact) mass is 226 g/mol. The van der Waals surface area contributed by atoms with E-state index in [-0.39, 0.29) is 6.29 Å². The summed E-state index contributed by atoms with van der Waals surface area (Å²) in [6, 6.07) is 0. The Morgan fingerprint density at radius 2 is 2.19 bits per heavy atom. The van der Waals surface area contributed by atoms with Crippen molar-refractivity contribution in [2.45, 2.75) is 65.8 Å². The van der Waals surface area contributed by atoms with Crippen molar-refractivity contribution < 1.29 is 9.47 Å². The van der Waals surface area contributed by atoms with Crippen molar-refractivity contribution in [3.63, 3.8) is 0 Å². The van der Waals surface area contributed by atoms with Crippen LogP contribution in [0.25, 0.3) is 0 Å². The van der Waals surface area contributed by atoms with Gasteiger partial charge in [0.2, 0.25) is 0 Å². The number of ether oxygens (including phenoxy) is 2. The summed E-state index contributed by atoms with van der Waals surface area (Å²) in [5, 5.41) is 0. The summed E-state index contributed by atoms with van der Waals surface area (Å²) in [5.74, 6) is 0.672. The van der Waals surface area contributed by atoms with Crippen molar-refractivity contribution in [1.29, 1.82) is 0 Å². The van der Waals surface area contributed by atoms with Gasteiger partial charge in [-0.1, -0.05) is 18.6 Å². The molecule has 3 atom stereocenters. The fourth-order valence-electron chi connectivity index (χ4n) is 1.96. The zero-order valence-corrected chi connectivity index (χ0v) is 11.2. The van der Waals surface area contributed by atoms with Gasteiger partial charge in [0.15, 0.2) is 6.29 Å². The molecule has 94 valence electrons. The van der Waals surface area contributed by atoms with E-state index in [1.807, 2.05) is 0 Å². The van der Waals surface area contributed by atoms with Crippen LogP contribution in [0.15, 0.2) is 11.6 Å². The first kappa shape index (κ1) is 13.7. The highest BCUT2D eigenvalue weighted by atomic mass is 16.7. The smallest absolute Gasteiger partial charge is 0.158 e. The molecular formula is C14H26O2. The fourth-order valence-corrected chi connectivity index (χ4v) is 1.96. The Morgan fingerprint density at radius 3 is 2.81 bits per heavy atom. The highest BCUT2D eigenvalue weighted by molar-refractivity contribution is 4.92. The molecule has 0 amide bonds. The Hall–Kier alpha value is -0.340. The third-order valence-electron chi connectivity index (χ3n) is 3.02. The molecule has 0 aromatic rings. The first-order chi connectivity index (χ1) is 7.58. The SMILES string of the molecule is CC(C)=CCCC(C)CC1OCCC(C)O1. The van der Waals surface area contributed by atoms with E-state index >= 15 is 0 Å². The van der Waals surface area contributed by atoms with Crippen LogP contribution in [0.4, 0.5) is 0 Å². The van der Waals surface area contributed by atoms with Gasteiger partial charge in [0.05, 0.1) is 12.7 Å². The lowest BCUT2D eigenvalue weighted by Gasteiger charge is -2.29. The lowest BCUT2D eigenvalue weighted by molar-refractivity contribution is -0.214. The molecule has 1 aliphatic heterocycles. The van der Waals surface area contributed by atoms with E-state index in [1.54, 1.807) is 0 Å². The van der Waals surface area contributed by atoms with Crippen LogP contribution in [0.3, 0.4) is 0 Å². The van der Waals surface area contributed by atoms with Gasteiger partial charge in [-0.05, 0) is 46.0 Å². The van der Waals surface area contributed by atoms with Crippen LogP contribution >= 0.6 is 0 Å². The number of rotatable bonds is 5. The van der Waals surface area contributed by atoms with Crippen LogP contribution in [-0.2, 0) is 9.47 Å². The minimum absolute atomic E-state index is 0.0328. The lowest BCUT2D eigenvalue weighted by Crippen LogP contribution is -2.31. The maximum absolute atomic E-state index is 5.75. The highest BCUT2D eigenvalue weighted by Crippen LogP contribution is 2.21. The second-order valence-electron chi connectivity index (χ2n) is 5.24. The molecule has 1 fully saturated rings. The molecule has 0 bridgehead atoms. The summed E-state index contributed by atoms with van der Waals surface area (Å²) in [4.78, 5) is 0. The Morgan fingerprint density at radius 1 is 1.44 bits per heavy atom. The summed E-state index contributed by atoms with van der Waals surface area (Å²) in [7, 11) is 0. The van der Waals surface area contributed by atoms with Crippen molar-refractivity contribution in [3.8, 4) is 0 Å². The van der Waals surface area contributed by atoms with Crippen LogP contribution in [0.5, 0.6) is 0 Å².